The second-order valence-corrected chi connectivity index (χ2v) is 7.75. The molecular formula is C21H21ClN4O4. The van der Waals surface area contributed by atoms with Crippen LogP contribution in [-0.4, -0.2) is 63.2 Å². The third kappa shape index (κ3) is 4.28. The maximum Gasteiger partial charge on any atom is 0.316 e. The Morgan fingerprint density at radius 3 is 2.47 bits per heavy atom. The predicted octanol–water partition coefficient (Wildman–Crippen LogP) is 2.58. The van der Waals surface area contributed by atoms with Gasteiger partial charge in [-0.1, -0.05) is 23.7 Å². The minimum Gasteiger partial charge on any atom is -0.458 e. The zero-order valence-corrected chi connectivity index (χ0v) is 17.0. The van der Waals surface area contributed by atoms with E-state index in [0.717, 1.165) is 12.8 Å². The number of halogens is 1. The molecule has 3 heterocycles. The SMILES string of the molecule is O=C(CCCN1C(=O)c2ccccc2C1=O)N1CCCC(Oc2ncc(Cl)cn2)C1. The topological polar surface area (TPSA) is 92.7 Å². The lowest BCUT2D eigenvalue weighted by molar-refractivity contribution is -0.134. The standard InChI is InChI=1S/C21H21ClN4O4/c22-14-11-23-21(24-12-14)30-15-5-3-9-25(13-15)18(27)8-4-10-26-19(28)16-6-1-2-7-17(16)20(26)29/h1-2,6-7,11-12,15H,3-5,8-10,13H2. The molecule has 0 spiro atoms. The quantitative estimate of drug-likeness (QED) is 0.656. The molecule has 1 saturated heterocycles. The minimum atomic E-state index is -0.294. The van der Waals surface area contributed by atoms with E-state index < -0.39 is 0 Å². The van der Waals surface area contributed by atoms with E-state index in [-0.39, 0.29) is 42.8 Å². The van der Waals surface area contributed by atoms with Gasteiger partial charge in [0.1, 0.15) is 6.10 Å². The zero-order chi connectivity index (χ0) is 21.1. The van der Waals surface area contributed by atoms with Gasteiger partial charge in [-0.25, -0.2) is 9.97 Å². The molecule has 9 heteroatoms. The van der Waals surface area contributed by atoms with Crippen LogP contribution in [0.25, 0.3) is 0 Å². The summed E-state index contributed by atoms with van der Waals surface area (Å²) < 4.78 is 5.77. The fourth-order valence-electron chi connectivity index (χ4n) is 3.76. The largest absolute Gasteiger partial charge is 0.458 e. The van der Waals surface area contributed by atoms with E-state index in [2.05, 4.69) is 9.97 Å². The van der Waals surface area contributed by atoms with Crippen LogP contribution < -0.4 is 4.74 Å². The van der Waals surface area contributed by atoms with Gasteiger partial charge in [-0.3, -0.25) is 19.3 Å². The van der Waals surface area contributed by atoms with Crippen LogP contribution in [0.3, 0.4) is 0 Å². The molecule has 156 valence electrons. The van der Waals surface area contributed by atoms with Crippen molar-refractivity contribution in [2.45, 2.75) is 31.8 Å². The molecule has 0 bridgehead atoms. The molecule has 0 saturated carbocycles. The molecule has 30 heavy (non-hydrogen) atoms. The summed E-state index contributed by atoms with van der Waals surface area (Å²) in [7, 11) is 0. The highest BCUT2D eigenvalue weighted by molar-refractivity contribution is 6.30. The Kier molecular flexibility index (Phi) is 5.94. The lowest BCUT2D eigenvalue weighted by atomic mass is 10.1. The number of carbonyl (C=O) groups excluding carboxylic acids is 3. The average molecular weight is 429 g/mol. The lowest BCUT2D eigenvalue weighted by Gasteiger charge is -2.32. The highest BCUT2D eigenvalue weighted by atomic mass is 35.5. The van der Waals surface area contributed by atoms with Crippen LogP contribution in [0.15, 0.2) is 36.7 Å². The molecule has 0 aliphatic carbocycles. The molecule has 1 aromatic heterocycles. The molecule has 2 aromatic rings. The smallest absolute Gasteiger partial charge is 0.316 e. The number of nitrogens with zero attached hydrogens (tertiary/aromatic N) is 4. The van der Waals surface area contributed by atoms with Gasteiger partial charge in [-0.2, -0.15) is 0 Å². The van der Waals surface area contributed by atoms with Gasteiger partial charge in [0.2, 0.25) is 5.91 Å². The normalized spacial score (nSPS) is 18.5. The van der Waals surface area contributed by atoms with Gasteiger partial charge in [0.25, 0.3) is 11.8 Å². The third-order valence-corrected chi connectivity index (χ3v) is 5.45. The summed E-state index contributed by atoms with van der Waals surface area (Å²) in [4.78, 5) is 48.5. The molecule has 1 unspecified atom stereocenters. The molecule has 4 rings (SSSR count). The van der Waals surface area contributed by atoms with Gasteiger partial charge in [-0.15, -0.1) is 0 Å². The molecule has 2 aliphatic rings. The Labute approximate surface area is 178 Å². The van der Waals surface area contributed by atoms with Crippen LogP contribution >= 0.6 is 11.6 Å². The van der Waals surface area contributed by atoms with Crippen LogP contribution in [0.4, 0.5) is 0 Å². The predicted molar refractivity (Wildman–Crippen MR) is 108 cm³/mol. The molecule has 1 atom stereocenters. The molecule has 0 N–H and O–H groups in total. The second kappa shape index (κ2) is 8.79. The van der Waals surface area contributed by atoms with Crippen molar-refractivity contribution in [2.24, 2.45) is 0 Å². The van der Waals surface area contributed by atoms with Crippen LogP contribution in [0.1, 0.15) is 46.4 Å². The summed E-state index contributed by atoms with van der Waals surface area (Å²) in [6.07, 6.45) is 5.07. The van der Waals surface area contributed by atoms with Gasteiger partial charge in [0, 0.05) is 19.5 Å². The number of amides is 3. The molecule has 2 aliphatic heterocycles. The molecule has 3 amide bonds. The number of rotatable bonds is 6. The number of benzene rings is 1. The summed E-state index contributed by atoms with van der Waals surface area (Å²) in [5.74, 6) is -0.605. The van der Waals surface area contributed by atoms with Crippen LogP contribution in [0.5, 0.6) is 6.01 Å². The van der Waals surface area contributed by atoms with Gasteiger partial charge >= 0.3 is 6.01 Å². The number of fused-ring (bicyclic) bond motifs is 1. The van der Waals surface area contributed by atoms with Crippen molar-refractivity contribution in [2.75, 3.05) is 19.6 Å². The van der Waals surface area contributed by atoms with Gasteiger partial charge in [-0.05, 0) is 31.4 Å². The number of hydrogen-bond acceptors (Lipinski definition) is 6. The monoisotopic (exact) mass is 428 g/mol. The van der Waals surface area contributed by atoms with Gasteiger partial charge in [0.15, 0.2) is 0 Å². The van der Waals surface area contributed by atoms with Crippen molar-refractivity contribution < 1.29 is 19.1 Å². The Hall–Kier alpha value is -3.00. The van der Waals surface area contributed by atoms with Crippen molar-refractivity contribution >= 4 is 29.3 Å². The van der Waals surface area contributed by atoms with Gasteiger partial charge < -0.3 is 9.64 Å². The Morgan fingerprint density at radius 2 is 1.80 bits per heavy atom. The lowest BCUT2D eigenvalue weighted by Crippen LogP contribution is -2.44. The van der Waals surface area contributed by atoms with E-state index in [4.69, 9.17) is 16.3 Å². The highest BCUT2D eigenvalue weighted by Crippen LogP contribution is 2.23. The van der Waals surface area contributed by atoms with E-state index in [1.54, 1.807) is 29.2 Å². The first-order valence-corrected chi connectivity index (χ1v) is 10.3. The number of likely N-dealkylation sites (tertiary alicyclic amines) is 1. The van der Waals surface area contributed by atoms with Crippen LogP contribution in [0, 0.1) is 0 Å². The minimum absolute atomic E-state index is 0.0167. The van der Waals surface area contributed by atoms with Crippen molar-refractivity contribution in [1.29, 1.82) is 0 Å². The molecule has 1 fully saturated rings. The summed E-state index contributed by atoms with van der Waals surface area (Å²) in [6.45, 7) is 1.34. The Morgan fingerprint density at radius 1 is 1.13 bits per heavy atom. The number of imide groups is 1. The first-order chi connectivity index (χ1) is 14.5. The Balaban J connectivity index is 1.26. The number of aromatic nitrogens is 2. The van der Waals surface area contributed by atoms with Crippen LogP contribution in [0.2, 0.25) is 5.02 Å². The van der Waals surface area contributed by atoms with E-state index in [1.165, 1.54) is 17.3 Å². The number of piperidine rings is 1. The summed E-state index contributed by atoms with van der Waals surface area (Å²) in [6, 6.07) is 7.02. The maximum atomic E-state index is 12.6. The summed E-state index contributed by atoms with van der Waals surface area (Å²) in [5.41, 5.74) is 0.850. The fourth-order valence-corrected chi connectivity index (χ4v) is 3.86. The molecule has 0 radical (unpaired) electrons. The van der Waals surface area contributed by atoms with Crippen molar-refractivity contribution in [3.05, 3.63) is 52.8 Å². The molecule has 1 aromatic carbocycles. The van der Waals surface area contributed by atoms with Crippen molar-refractivity contribution in [3.63, 3.8) is 0 Å². The average Bonchev–Trinajstić information content (AvgIpc) is 3.00. The van der Waals surface area contributed by atoms with E-state index in [1.807, 2.05) is 0 Å². The highest BCUT2D eigenvalue weighted by Gasteiger charge is 2.34. The van der Waals surface area contributed by atoms with Gasteiger partial charge in [0.05, 0.1) is 35.1 Å². The maximum absolute atomic E-state index is 12.6. The molecule has 8 nitrogen and oxygen atoms in total. The number of carbonyl (C=O) groups is 3. The van der Waals surface area contributed by atoms with Crippen LogP contribution in [-0.2, 0) is 4.79 Å². The van der Waals surface area contributed by atoms with E-state index >= 15 is 0 Å². The first-order valence-electron chi connectivity index (χ1n) is 9.90. The first kappa shape index (κ1) is 20.3. The summed E-state index contributed by atoms with van der Waals surface area (Å²) >= 11 is 5.78. The number of ether oxygens (including phenoxy) is 1. The fraction of sp³-hybridized carbons (Fsp3) is 0.381. The van der Waals surface area contributed by atoms with E-state index in [0.29, 0.717) is 35.7 Å². The second-order valence-electron chi connectivity index (χ2n) is 7.32. The Bertz CT molecular complexity index is 931. The van der Waals surface area contributed by atoms with Crippen molar-refractivity contribution in [3.8, 4) is 6.01 Å². The summed E-state index contributed by atoms with van der Waals surface area (Å²) in [5, 5.41) is 0.431. The number of hydrogen-bond donors (Lipinski definition) is 0. The molecular weight excluding hydrogens is 408 g/mol. The third-order valence-electron chi connectivity index (χ3n) is 5.25. The van der Waals surface area contributed by atoms with Crippen molar-refractivity contribution in [1.82, 2.24) is 19.8 Å². The van der Waals surface area contributed by atoms with E-state index in [9.17, 15) is 14.4 Å². The zero-order valence-electron chi connectivity index (χ0n) is 16.3.